The monoisotopic (exact) mass is 219 g/mol. The Labute approximate surface area is 96.7 Å². The summed E-state index contributed by atoms with van der Waals surface area (Å²) in [6, 6.07) is 0. The van der Waals surface area contributed by atoms with Crippen molar-refractivity contribution in [2.24, 2.45) is 5.41 Å². The minimum Gasteiger partial charge on any atom is -0.425 e. The topological polar surface area (TPSA) is 61.0 Å². The van der Waals surface area contributed by atoms with Crippen LogP contribution in [-0.2, 0) is 4.65 Å². The van der Waals surface area contributed by atoms with Crippen molar-refractivity contribution in [2.45, 2.75) is 39.6 Å². The van der Waals surface area contributed by atoms with Crippen LogP contribution in [0.3, 0.4) is 0 Å². The highest BCUT2D eigenvalue weighted by Crippen LogP contribution is 2.44. The SMILES string of the molecule is CC1(C)CB(c2cnc(N)nc2)OC1(C)C. The van der Waals surface area contributed by atoms with Gasteiger partial charge in [0.05, 0.1) is 5.60 Å². The Hall–Kier alpha value is -1.10. The minimum absolute atomic E-state index is 0.0746. The summed E-state index contributed by atoms with van der Waals surface area (Å²) in [5, 5.41) is 0. The summed E-state index contributed by atoms with van der Waals surface area (Å²) in [5.41, 5.74) is 6.50. The van der Waals surface area contributed by atoms with Gasteiger partial charge in [-0.1, -0.05) is 13.8 Å². The van der Waals surface area contributed by atoms with Crippen LogP contribution in [-0.4, -0.2) is 22.5 Å². The Morgan fingerprint density at radius 3 is 2.25 bits per heavy atom. The predicted octanol–water partition coefficient (Wildman–Crippen LogP) is 1.09. The quantitative estimate of drug-likeness (QED) is 0.718. The summed E-state index contributed by atoms with van der Waals surface area (Å²) in [5.74, 6) is 0.306. The van der Waals surface area contributed by atoms with Crippen LogP contribution in [0.5, 0.6) is 0 Å². The van der Waals surface area contributed by atoms with Gasteiger partial charge in [-0.15, -0.1) is 0 Å². The van der Waals surface area contributed by atoms with Gasteiger partial charge < -0.3 is 10.4 Å². The Bertz CT molecular complexity index is 373. The molecular weight excluding hydrogens is 201 g/mol. The lowest BCUT2D eigenvalue weighted by Crippen LogP contribution is -2.36. The molecular formula is C11H18BN3O. The zero-order valence-corrected chi connectivity index (χ0v) is 10.3. The van der Waals surface area contributed by atoms with Crippen molar-refractivity contribution in [3.63, 3.8) is 0 Å². The number of hydrogen-bond donors (Lipinski definition) is 1. The molecule has 2 rings (SSSR count). The molecule has 0 unspecified atom stereocenters. The van der Waals surface area contributed by atoms with Gasteiger partial charge in [-0.25, -0.2) is 9.97 Å². The van der Waals surface area contributed by atoms with E-state index in [9.17, 15) is 0 Å². The van der Waals surface area contributed by atoms with Crippen molar-refractivity contribution < 1.29 is 4.65 Å². The highest BCUT2D eigenvalue weighted by atomic mass is 16.5. The molecule has 86 valence electrons. The summed E-state index contributed by atoms with van der Waals surface area (Å²) < 4.78 is 6.07. The summed E-state index contributed by atoms with van der Waals surface area (Å²) in [7, 11) is 0. The number of aromatic nitrogens is 2. The molecule has 1 aliphatic heterocycles. The number of nitrogens with zero attached hydrogens (tertiary/aromatic N) is 2. The zero-order valence-electron chi connectivity index (χ0n) is 10.3. The molecule has 0 bridgehead atoms. The molecule has 1 saturated heterocycles. The summed E-state index contributed by atoms with van der Waals surface area (Å²) in [6.07, 6.45) is 4.49. The second-order valence-electron chi connectivity index (χ2n) is 5.58. The van der Waals surface area contributed by atoms with Gasteiger partial charge in [0.1, 0.15) is 0 Å². The van der Waals surface area contributed by atoms with Crippen molar-refractivity contribution in [1.29, 1.82) is 0 Å². The molecule has 0 aromatic carbocycles. The van der Waals surface area contributed by atoms with Crippen LogP contribution >= 0.6 is 0 Å². The second-order valence-corrected chi connectivity index (χ2v) is 5.58. The lowest BCUT2D eigenvalue weighted by atomic mass is 9.55. The van der Waals surface area contributed by atoms with Gasteiger partial charge in [0, 0.05) is 12.4 Å². The highest BCUT2D eigenvalue weighted by Gasteiger charge is 2.49. The number of nitrogens with two attached hydrogens (primary N) is 1. The highest BCUT2D eigenvalue weighted by molar-refractivity contribution is 6.68. The average molecular weight is 219 g/mol. The minimum atomic E-state index is -0.126. The van der Waals surface area contributed by atoms with Crippen LogP contribution in [0.4, 0.5) is 5.95 Å². The Morgan fingerprint density at radius 2 is 1.81 bits per heavy atom. The Morgan fingerprint density at radius 1 is 1.25 bits per heavy atom. The Kier molecular flexibility index (Phi) is 2.46. The fourth-order valence-corrected chi connectivity index (χ4v) is 1.97. The van der Waals surface area contributed by atoms with Gasteiger partial charge in [-0.05, 0) is 31.0 Å². The number of rotatable bonds is 1. The molecule has 4 nitrogen and oxygen atoms in total. The number of nitrogen functional groups attached to an aromatic ring is 1. The largest absolute Gasteiger partial charge is 0.425 e. The van der Waals surface area contributed by atoms with E-state index in [-0.39, 0.29) is 17.9 Å². The van der Waals surface area contributed by atoms with Crippen LogP contribution in [0.15, 0.2) is 12.4 Å². The molecule has 1 aromatic rings. The first-order valence-electron chi connectivity index (χ1n) is 5.57. The Balaban J connectivity index is 2.23. The van der Waals surface area contributed by atoms with Gasteiger partial charge >= 0.3 is 6.92 Å². The molecule has 0 radical (unpaired) electrons. The van der Waals surface area contributed by atoms with E-state index in [0.29, 0.717) is 5.95 Å². The first-order valence-corrected chi connectivity index (χ1v) is 5.57. The molecule has 0 spiro atoms. The molecule has 16 heavy (non-hydrogen) atoms. The van der Waals surface area contributed by atoms with Crippen LogP contribution in [0.25, 0.3) is 0 Å². The van der Waals surface area contributed by atoms with Crippen LogP contribution in [0.1, 0.15) is 27.7 Å². The number of hydrogen-bond acceptors (Lipinski definition) is 4. The molecule has 1 aliphatic rings. The van der Waals surface area contributed by atoms with Gasteiger partial charge in [0.15, 0.2) is 0 Å². The lowest BCUT2D eigenvalue weighted by molar-refractivity contribution is 0.0375. The summed E-state index contributed by atoms with van der Waals surface area (Å²) >= 11 is 0. The molecule has 2 N–H and O–H groups in total. The first kappa shape index (κ1) is 11.4. The maximum atomic E-state index is 6.07. The zero-order chi connectivity index (χ0) is 12.0. The van der Waals surface area contributed by atoms with E-state index in [4.69, 9.17) is 10.4 Å². The molecule has 0 amide bonds. The smallest absolute Gasteiger partial charge is 0.331 e. The third kappa shape index (κ3) is 1.80. The summed E-state index contributed by atoms with van der Waals surface area (Å²) in [6.45, 7) is 8.79. The molecule has 2 heterocycles. The van der Waals surface area contributed by atoms with Gasteiger partial charge in [0.2, 0.25) is 5.95 Å². The van der Waals surface area contributed by atoms with Crippen LogP contribution in [0, 0.1) is 5.41 Å². The van der Waals surface area contributed by atoms with E-state index in [1.807, 2.05) is 0 Å². The van der Waals surface area contributed by atoms with Crippen molar-refractivity contribution in [3.8, 4) is 0 Å². The molecule has 5 heteroatoms. The predicted molar refractivity (Wildman–Crippen MR) is 65.6 cm³/mol. The standard InChI is InChI=1S/C11H18BN3O/c1-10(2)7-12(16-11(10,3)4)8-5-14-9(13)15-6-8/h5-6H,7H2,1-4H3,(H2,13,14,15). The van der Waals surface area contributed by atoms with E-state index >= 15 is 0 Å². The molecule has 1 fully saturated rings. The third-order valence-corrected chi connectivity index (χ3v) is 3.83. The van der Waals surface area contributed by atoms with Gasteiger partial charge in [-0.2, -0.15) is 0 Å². The molecule has 0 aliphatic carbocycles. The first-order chi connectivity index (χ1) is 7.32. The van der Waals surface area contributed by atoms with Crippen LogP contribution < -0.4 is 11.2 Å². The van der Waals surface area contributed by atoms with Crippen molar-refractivity contribution in [1.82, 2.24) is 9.97 Å². The van der Waals surface area contributed by atoms with Crippen molar-refractivity contribution in [2.75, 3.05) is 5.73 Å². The van der Waals surface area contributed by atoms with E-state index < -0.39 is 0 Å². The normalized spacial score (nSPS) is 22.4. The van der Waals surface area contributed by atoms with Crippen molar-refractivity contribution in [3.05, 3.63) is 12.4 Å². The molecule has 0 atom stereocenters. The van der Waals surface area contributed by atoms with E-state index in [1.54, 1.807) is 12.4 Å². The van der Waals surface area contributed by atoms with Gasteiger partial charge in [0.25, 0.3) is 0 Å². The lowest BCUT2D eigenvalue weighted by Gasteiger charge is -2.34. The van der Waals surface area contributed by atoms with E-state index in [0.717, 1.165) is 11.8 Å². The van der Waals surface area contributed by atoms with Gasteiger partial charge in [-0.3, -0.25) is 0 Å². The molecule has 0 saturated carbocycles. The maximum absolute atomic E-state index is 6.07. The summed E-state index contributed by atoms with van der Waals surface area (Å²) in [4.78, 5) is 8.01. The van der Waals surface area contributed by atoms with Crippen LogP contribution in [0.2, 0.25) is 6.32 Å². The van der Waals surface area contributed by atoms with E-state index in [2.05, 4.69) is 37.7 Å². The third-order valence-electron chi connectivity index (χ3n) is 3.83. The maximum Gasteiger partial charge on any atom is 0.331 e. The average Bonchev–Trinajstić information content (AvgIpc) is 2.37. The molecule has 1 aromatic heterocycles. The second kappa shape index (κ2) is 3.45. The van der Waals surface area contributed by atoms with E-state index in [1.165, 1.54) is 0 Å². The fourth-order valence-electron chi connectivity index (χ4n) is 1.97. The number of anilines is 1. The fraction of sp³-hybridized carbons (Fsp3) is 0.636. The van der Waals surface area contributed by atoms with Crippen molar-refractivity contribution >= 4 is 18.3 Å².